The summed E-state index contributed by atoms with van der Waals surface area (Å²) in [6.45, 7) is 0. The van der Waals surface area contributed by atoms with E-state index in [4.69, 9.17) is 5.73 Å². The second kappa shape index (κ2) is 6.13. The molecule has 1 aliphatic carbocycles. The van der Waals surface area contributed by atoms with Crippen LogP contribution < -0.4 is 11.1 Å². The van der Waals surface area contributed by atoms with Crippen LogP contribution in [-0.4, -0.2) is 28.4 Å². The normalized spacial score (nSPS) is 21.6. The van der Waals surface area contributed by atoms with Crippen molar-refractivity contribution in [1.82, 2.24) is 5.32 Å². The summed E-state index contributed by atoms with van der Waals surface area (Å²) < 4.78 is 0. The molecular weight excluding hydrogens is 278 g/mol. The number of hydrogen-bond acceptors (Lipinski definition) is 5. The van der Waals surface area contributed by atoms with Gasteiger partial charge in [0.25, 0.3) is 11.6 Å². The van der Waals surface area contributed by atoms with Crippen LogP contribution in [0.3, 0.4) is 0 Å². The summed E-state index contributed by atoms with van der Waals surface area (Å²) in [5.74, 6) is -0.336. The summed E-state index contributed by atoms with van der Waals surface area (Å²) in [5, 5.41) is 14.1. The van der Waals surface area contributed by atoms with Crippen molar-refractivity contribution in [3.8, 4) is 0 Å². The van der Waals surface area contributed by atoms with Gasteiger partial charge in [-0.25, -0.2) is 0 Å². The van der Waals surface area contributed by atoms with E-state index in [9.17, 15) is 14.9 Å². The van der Waals surface area contributed by atoms with Crippen molar-refractivity contribution in [2.75, 3.05) is 12.0 Å². The minimum Gasteiger partial charge on any atom is -0.398 e. The smallest absolute Gasteiger partial charge is 0.270 e. The van der Waals surface area contributed by atoms with Crippen molar-refractivity contribution in [3.63, 3.8) is 0 Å². The van der Waals surface area contributed by atoms with Crippen molar-refractivity contribution < 1.29 is 9.72 Å². The van der Waals surface area contributed by atoms with Crippen LogP contribution in [0.25, 0.3) is 0 Å². The number of thioether (sulfide) groups is 1. The van der Waals surface area contributed by atoms with Gasteiger partial charge in [-0.05, 0) is 25.2 Å². The molecule has 0 aliphatic heterocycles. The molecule has 0 radical (unpaired) electrons. The number of non-ortho nitro benzene ring substituents is 1. The molecule has 3 N–H and O–H groups in total. The molecule has 2 rings (SSSR count). The van der Waals surface area contributed by atoms with Gasteiger partial charge in [0, 0.05) is 29.1 Å². The molecule has 2 unspecified atom stereocenters. The molecule has 0 spiro atoms. The van der Waals surface area contributed by atoms with E-state index in [1.54, 1.807) is 11.8 Å². The molecule has 0 aromatic heterocycles. The topological polar surface area (TPSA) is 98.3 Å². The molecule has 6 nitrogen and oxygen atoms in total. The van der Waals surface area contributed by atoms with Crippen LogP contribution in [0.15, 0.2) is 18.2 Å². The fraction of sp³-hybridized carbons (Fsp3) is 0.462. The Bertz CT molecular complexity index is 536. The lowest BCUT2D eigenvalue weighted by atomic mass is 10.1. The Hall–Kier alpha value is -1.76. The molecule has 1 saturated carbocycles. The van der Waals surface area contributed by atoms with E-state index in [-0.39, 0.29) is 28.9 Å². The van der Waals surface area contributed by atoms with Gasteiger partial charge in [-0.1, -0.05) is 6.42 Å². The van der Waals surface area contributed by atoms with Gasteiger partial charge in [-0.15, -0.1) is 0 Å². The number of carbonyl (C=O) groups excluding carboxylic acids is 1. The highest BCUT2D eigenvalue weighted by atomic mass is 32.2. The van der Waals surface area contributed by atoms with E-state index >= 15 is 0 Å². The molecule has 1 aromatic carbocycles. The summed E-state index contributed by atoms with van der Waals surface area (Å²) >= 11 is 1.74. The number of nitrogens with one attached hydrogen (secondary N) is 1. The molecule has 1 aromatic rings. The van der Waals surface area contributed by atoms with Gasteiger partial charge < -0.3 is 11.1 Å². The van der Waals surface area contributed by atoms with Crippen LogP contribution in [0.2, 0.25) is 0 Å². The van der Waals surface area contributed by atoms with Crippen molar-refractivity contribution >= 4 is 29.0 Å². The number of hydrogen-bond donors (Lipinski definition) is 2. The van der Waals surface area contributed by atoms with E-state index in [2.05, 4.69) is 5.32 Å². The van der Waals surface area contributed by atoms with E-state index in [0.29, 0.717) is 5.25 Å². The van der Waals surface area contributed by atoms with Crippen LogP contribution in [-0.2, 0) is 0 Å². The van der Waals surface area contributed by atoms with Crippen LogP contribution in [0.1, 0.15) is 29.6 Å². The van der Waals surface area contributed by atoms with E-state index in [0.717, 1.165) is 19.3 Å². The Morgan fingerprint density at radius 1 is 1.50 bits per heavy atom. The number of carbonyl (C=O) groups is 1. The summed E-state index contributed by atoms with van der Waals surface area (Å²) in [4.78, 5) is 22.5. The predicted octanol–water partition coefficient (Wildman–Crippen LogP) is 2.19. The second-order valence-corrected chi connectivity index (χ2v) is 5.89. The summed E-state index contributed by atoms with van der Waals surface area (Å²) in [6, 6.07) is 4.03. The van der Waals surface area contributed by atoms with Gasteiger partial charge in [0.05, 0.1) is 10.5 Å². The highest BCUT2D eigenvalue weighted by molar-refractivity contribution is 7.99. The van der Waals surface area contributed by atoms with Crippen LogP contribution in [0, 0.1) is 10.1 Å². The van der Waals surface area contributed by atoms with Crippen molar-refractivity contribution in [2.45, 2.75) is 30.6 Å². The predicted molar refractivity (Wildman–Crippen MR) is 79.9 cm³/mol. The number of benzene rings is 1. The number of nitrogens with two attached hydrogens (primary N) is 1. The van der Waals surface area contributed by atoms with Crippen molar-refractivity contribution in [1.29, 1.82) is 0 Å². The Labute approximate surface area is 121 Å². The number of rotatable bonds is 4. The van der Waals surface area contributed by atoms with E-state index in [1.165, 1.54) is 18.2 Å². The lowest BCUT2D eigenvalue weighted by Crippen LogP contribution is -2.38. The van der Waals surface area contributed by atoms with Crippen LogP contribution in [0.4, 0.5) is 11.4 Å². The standard InChI is InChI=1S/C13H17N3O3S/c1-20-12-4-2-3-11(12)15-13(17)9-7-8(16(18)19)5-6-10(9)14/h5-7,11-12H,2-4,14H2,1H3,(H,15,17). The third-order valence-corrected chi connectivity index (χ3v) is 4.73. The quantitative estimate of drug-likeness (QED) is 0.504. The summed E-state index contributed by atoms with van der Waals surface area (Å²) in [7, 11) is 0. The zero-order valence-corrected chi connectivity index (χ0v) is 12.0. The maximum atomic E-state index is 12.2. The first-order chi connectivity index (χ1) is 9.52. The highest BCUT2D eigenvalue weighted by Crippen LogP contribution is 2.29. The molecule has 0 heterocycles. The average molecular weight is 295 g/mol. The van der Waals surface area contributed by atoms with Crippen molar-refractivity contribution in [3.05, 3.63) is 33.9 Å². The number of nitrogen functional groups attached to an aromatic ring is 1. The van der Waals surface area contributed by atoms with E-state index < -0.39 is 4.92 Å². The molecule has 1 fully saturated rings. The Kier molecular flexibility index (Phi) is 4.49. The maximum absolute atomic E-state index is 12.2. The Balaban J connectivity index is 2.16. The van der Waals surface area contributed by atoms with Crippen molar-refractivity contribution in [2.24, 2.45) is 0 Å². The van der Waals surface area contributed by atoms with Gasteiger partial charge in [-0.3, -0.25) is 14.9 Å². The van der Waals surface area contributed by atoms with E-state index in [1.807, 2.05) is 6.26 Å². The summed E-state index contributed by atoms with van der Waals surface area (Å²) in [6.07, 6.45) is 5.13. The average Bonchev–Trinajstić information content (AvgIpc) is 2.86. The van der Waals surface area contributed by atoms with Crippen LogP contribution in [0.5, 0.6) is 0 Å². The number of anilines is 1. The first-order valence-electron chi connectivity index (χ1n) is 6.40. The van der Waals surface area contributed by atoms with Crippen LogP contribution >= 0.6 is 11.8 Å². The maximum Gasteiger partial charge on any atom is 0.270 e. The molecule has 20 heavy (non-hydrogen) atoms. The van der Waals surface area contributed by atoms with Gasteiger partial charge in [0.15, 0.2) is 0 Å². The first-order valence-corrected chi connectivity index (χ1v) is 7.69. The molecular formula is C13H17N3O3S. The minimum atomic E-state index is -0.531. The monoisotopic (exact) mass is 295 g/mol. The highest BCUT2D eigenvalue weighted by Gasteiger charge is 2.28. The largest absolute Gasteiger partial charge is 0.398 e. The van der Waals surface area contributed by atoms with Gasteiger partial charge in [-0.2, -0.15) is 11.8 Å². The van der Waals surface area contributed by atoms with Gasteiger partial charge in [0.1, 0.15) is 0 Å². The SMILES string of the molecule is CSC1CCCC1NC(=O)c1cc([N+](=O)[O-])ccc1N. The minimum absolute atomic E-state index is 0.108. The fourth-order valence-corrected chi connectivity index (χ4v) is 3.41. The molecule has 1 aliphatic rings. The van der Waals surface area contributed by atoms with Gasteiger partial charge in [0.2, 0.25) is 0 Å². The first kappa shape index (κ1) is 14.6. The van der Waals surface area contributed by atoms with Gasteiger partial charge >= 0.3 is 0 Å². The lowest BCUT2D eigenvalue weighted by molar-refractivity contribution is -0.384. The summed E-state index contributed by atoms with van der Waals surface area (Å²) in [5.41, 5.74) is 6.04. The molecule has 2 atom stereocenters. The Morgan fingerprint density at radius 3 is 2.90 bits per heavy atom. The number of nitrogens with zero attached hydrogens (tertiary/aromatic N) is 1. The number of nitro benzene ring substituents is 1. The third kappa shape index (κ3) is 3.04. The lowest BCUT2D eigenvalue weighted by Gasteiger charge is -2.19. The third-order valence-electron chi connectivity index (χ3n) is 3.56. The molecule has 0 bridgehead atoms. The molecule has 7 heteroatoms. The molecule has 108 valence electrons. The second-order valence-electron chi connectivity index (χ2n) is 4.81. The Morgan fingerprint density at radius 2 is 2.25 bits per heavy atom. The fourth-order valence-electron chi connectivity index (χ4n) is 2.47. The number of amides is 1. The zero-order chi connectivity index (χ0) is 14.7. The molecule has 1 amide bonds. The zero-order valence-electron chi connectivity index (χ0n) is 11.2. The number of nitro groups is 1. The molecule has 0 saturated heterocycles.